The van der Waals surface area contributed by atoms with E-state index in [9.17, 15) is 4.79 Å². The maximum Gasteiger partial charge on any atom is 0.255 e. The van der Waals surface area contributed by atoms with Gasteiger partial charge in [0.25, 0.3) is 5.91 Å². The molecule has 104 valence electrons. The smallest absolute Gasteiger partial charge is 0.255 e. The van der Waals surface area contributed by atoms with Crippen molar-refractivity contribution in [3.63, 3.8) is 0 Å². The molecule has 4 N–H and O–H groups in total. The van der Waals surface area contributed by atoms with Gasteiger partial charge in [0.05, 0.1) is 5.69 Å². The van der Waals surface area contributed by atoms with Crippen LogP contribution in [0.25, 0.3) is 0 Å². The van der Waals surface area contributed by atoms with E-state index >= 15 is 0 Å². The molecule has 2 rings (SSSR count). The maximum atomic E-state index is 12.2. The van der Waals surface area contributed by atoms with Crippen LogP contribution in [0, 0.1) is 3.57 Å². The predicted molar refractivity (Wildman–Crippen MR) is 89.2 cm³/mol. The molecule has 1 amide bonds. The van der Waals surface area contributed by atoms with E-state index in [1.165, 1.54) is 12.1 Å². The van der Waals surface area contributed by atoms with Gasteiger partial charge in [0, 0.05) is 14.2 Å². The lowest BCUT2D eigenvalue weighted by molar-refractivity contribution is 0.102. The van der Waals surface area contributed by atoms with E-state index in [1.54, 1.807) is 18.2 Å². The first-order valence-corrected chi connectivity index (χ1v) is 7.23. The minimum absolute atomic E-state index is 0.177. The molecule has 1 heterocycles. The van der Waals surface area contributed by atoms with Crippen molar-refractivity contribution in [1.82, 2.24) is 4.98 Å². The largest absolute Gasteiger partial charge is 0.321 e. The average Bonchev–Trinajstić information content (AvgIpc) is 2.41. The fourth-order valence-corrected chi connectivity index (χ4v) is 2.70. The van der Waals surface area contributed by atoms with Crippen molar-refractivity contribution in [2.45, 2.75) is 0 Å². The number of hydrogen-bond acceptors (Lipinski definition) is 4. The molecule has 0 spiro atoms. The Labute approximate surface area is 139 Å². The van der Waals surface area contributed by atoms with Gasteiger partial charge in [-0.2, -0.15) is 0 Å². The fourth-order valence-electron chi connectivity index (χ4n) is 1.49. The molecule has 0 bridgehead atoms. The summed E-state index contributed by atoms with van der Waals surface area (Å²) in [6, 6.07) is 8.15. The Bertz CT molecular complexity index is 666. The number of benzene rings is 1. The quantitative estimate of drug-likeness (QED) is 0.306. The molecule has 1 aromatic carbocycles. The number of amides is 1. The predicted octanol–water partition coefficient (Wildman–Crippen LogP) is 3.53. The third-order valence-electron chi connectivity index (χ3n) is 2.38. The van der Waals surface area contributed by atoms with Gasteiger partial charge in [-0.05, 0) is 52.9 Å². The van der Waals surface area contributed by atoms with Crippen LogP contribution in [-0.2, 0) is 0 Å². The molecule has 8 heteroatoms. The van der Waals surface area contributed by atoms with Crippen LogP contribution in [0.1, 0.15) is 10.4 Å². The number of carbonyl (C=O) groups excluding carboxylic acids is 1. The molecule has 0 saturated carbocycles. The Hall–Kier alpha value is -1.09. The molecule has 20 heavy (non-hydrogen) atoms. The lowest BCUT2D eigenvalue weighted by atomic mass is 10.2. The Kier molecular flexibility index (Phi) is 5.03. The minimum atomic E-state index is -0.314. The second-order valence-corrected chi connectivity index (χ2v) is 5.77. The zero-order valence-electron chi connectivity index (χ0n) is 9.95. The first-order chi connectivity index (χ1) is 9.49. The number of aromatic nitrogens is 1. The summed E-state index contributed by atoms with van der Waals surface area (Å²) in [5, 5.41) is 3.55. The number of nitrogen functional groups attached to an aromatic ring is 1. The molecule has 0 atom stereocenters. The number of rotatable bonds is 3. The summed E-state index contributed by atoms with van der Waals surface area (Å²) in [7, 11) is 0. The topological polar surface area (TPSA) is 80.0 Å². The summed E-state index contributed by atoms with van der Waals surface area (Å²) >= 11 is 13.8. The molecule has 0 aliphatic rings. The Morgan fingerprint density at radius 2 is 2.00 bits per heavy atom. The molecule has 0 aliphatic carbocycles. The molecule has 0 unspecified atom stereocenters. The summed E-state index contributed by atoms with van der Waals surface area (Å²) in [6.45, 7) is 0. The second-order valence-electron chi connectivity index (χ2n) is 3.79. The van der Waals surface area contributed by atoms with Crippen LogP contribution in [0.4, 0.5) is 11.5 Å². The molecule has 0 fully saturated rings. The molecule has 1 aromatic heterocycles. The number of carbonyl (C=O) groups is 1. The SMILES string of the molecule is NNc1cc(C(=O)Nc2ccc(Cl)cc2I)cc(Cl)n1. The second kappa shape index (κ2) is 6.57. The van der Waals surface area contributed by atoms with Gasteiger partial charge < -0.3 is 10.7 Å². The van der Waals surface area contributed by atoms with Gasteiger partial charge in [0.1, 0.15) is 11.0 Å². The number of pyridine rings is 1. The van der Waals surface area contributed by atoms with Crippen LogP contribution in [0.2, 0.25) is 10.2 Å². The summed E-state index contributed by atoms with van der Waals surface area (Å²) in [4.78, 5) is 16.1. The number of nitrogens with one attached hydrogen (secondary N) is 2. The third-order valence-corrected chi connectivity index (χ3v) is 3.70. The van der Waals surface area contributed by atoms with Gasteiger partial charge in [0.15, 0.2) is 0 Å². The molecule has 0 aliphatic heterocycles. The van der Waals surface area contributed by atoms with E-state index in [2.05, 4.69) is 38.3 Å². The van der Waals surface area contributed by atoms with Crippen molar-refractivity contribution >= 4 is 63.2 Å². The zero-order chi connectivity index (χ0) is 14.7. The monoisotopic (exact) mass is 422 g/mol. The minimum Gasteiger partial charge on any atom is -0.321 e. The van der Waals surface area contributed by atoms with Crippen LogP contribution in [0.5, 0.6) is 0 Å². The summed E-state index contributed by atoms with van der Waals surface area (Å²) in [5.74, 6) is 5.26. The van der Waals surface area contributed by atoms with E-state index in [0.717, 1.165) is 3.57 Å². The van der Waals surface area contributed by atoms with Gasteiger partial charge in [-0.3, -0.25) is 4.79 Å². The standard InChI is InChI=1S/C12H9Cl2IN4O/c13-7-1-2-9(8(15)5-7)17-12(20)6-3-10(14)18-11(4-6)19-16/h1-5H,16H2,(H,17,20)(H,18,19). The summed E-state index contributed by atoms with van der Waals surface area (Å²) < 4.78 is 0.834. The van der Waals surface area contributed by atoms with Gasteiger partial charge >= 0.3 is 0 Å². The van der Waals surface area contributed by atoms with E-state index < -0.39 is 0 Å². The number of nitrogens with two attached hydrogens (primary N) is 1. The highest BCUT2D eigenvalue weighted by Crippen LogP contribution is 2.23. The fraction of sp³-hybridized carbons (Fsp3) is 0. The van der Waals surface area contributed by atoms with Crippen molar-refractivity contribution in [3.05, 3.63) is 49.6 Å². The van der Waals surface area contributed by atoms with Gasteiger partial charge in [-0.15, -0.1) is 0 Å². The zero-order valence-corrected chi connectivity index (χ0v) is 13.6. The van der Waals surface area contributed by atoms with Crippen LogP contribution in [0.15, 0.2) is 30.3 Å². The molecular formula is C12H9Cl2IN4O. The average molecular weight is 423 g/mol. The summed E-state index contributed by atoms with van der Waals surface area (Å²) in [5.41, 5.74) is 3.36. The molecule has 0 saturated heterocycles. The third kappa shape index (κ3) is 3.72. The molecule has 0 radical (unpaired) electrons. The van der Waals surface area contributed by atoms with Crippen molar-refractivity contribution < 1.29 is 4.79 Å². The van der Waals surface area contributed by atoms with Crippen molar-refractivity contribution in [2.75, 3.05) is 10.7 Å². The van der Waals surface area contributed by atoms with E-state index in [-0.39, 0.29) is 11.1 Å². The number of nitrogens with zero attached hydrogens (tertiary/aromatic N) is 1. The Morgan fingerprint density at radius 1 is 1.25 bits per heavy atom. The Morgan fingerprint density at radius 3 is 2.65 bits per heavy atom. The first-order valence-electron chi connectivity index (χ1n) is 5.40. The highest BCUT2D eigenvalue weighted by Gasteiger charge is 2.11. The first kappa shape index (κ1) is 15.3. The molecule has 5 nitrogen and oxygen atoms in total. The lowest BCUT2D eigenvalue weighted by Gasteiger charge is -2.09. The summed E-state index contributed by atoms with van der Waals surface area (Å²) in [6.07, 6.45) is 0. The van der Waals surface area contributed by atoms with E-state index in [1.807, 2.05) is 0 Å². The van der Waals surface area contributed by atoms with Gasteiger partial charge in [0.2, 0.25) is 0 Å². The van der Waals surface area contributed by atoms with Crippen molar-refractivity contribution in [2.24, 2.45) is 5.84 Å². The normalized spacial score (nSPS) is 10.2. The van der Waals surface area contributed by atoms with Crippen molar-refractivity contribution in [1.29, 1.82) is 0 Å². The highest BCUT2D eigenvalue weighted by molar-refractivity contribution is 14.1. The number of hydrogen-bond donors (Lipinski definition) is 3. The number of anilines is 2. The van der Waals surface area contributed by atoms with E-state index in [4.69, 9.17) is 29.0 Å². The van der Waals surface area contributed by atoms with E-state index in [0.29, 0.717) is 22.1 Å². The highest BCUT2D eigenvalue weighted by atomic mass is 127. The maximum absolute atomic E-state index is 12.2. The lowest BCUT2D eigenvalue weighted by Crippen LogP contribution is -2.15. The van der Waals surface area contributed by atoms with Gasteiger partial charge in [-0.1, -0.05) is 23.2 Å². The van der Waals surface area contributed by atoms with Crippen LogP contribution >= 0.6 is 45.8 Å². The molecule has 2 aromatic rings. The molecular weight excluding hydrogens is 414 g/mol. The van der Waals surface area contributed by atoms with Gasteiger partial charge in [-0.25, -0.2) is 10.8 Å². The number of hydrazine groups is 1. The Balaban J connectivity index is 2.26. The van der Waals surface area contributed by atoms with Crippen molar-refractivity contribution in [3.8, 4) is 0 Å². The van der Waals surface area contributed by atoms with Crippen LogP contribution < -0.4 is 16.6 Å². The van der Waals surface area contributed by atoms with Crippen LogP contribution in [0.3, 0.4) is 0 Å². The van der Waals surface area contributed by atoms with Crippen LogP contribution in [-0.4, -0.2) is 10.9 Å². The number of halogens is 3.